The molecular formula is C21H17N5O2S2. The van der Waals surface area contributed by atoms with Crippen LogP contribution in [-0.4, -0.2) is 26.8 Å². The van der Waals surface area contributed by atoms with Crippen LogP contribution in [0.25, 0.3) is 10.2 Å². The van der Waals surface area contributed by atoms with Crippen molar-refractivity contribution in [2.45, 2.75) is 17.0 Å². The highest BCUT2D eigenvalue weighted by Gasteiger charge is 2.11. The fourth-order valence-corrected chi connectivity index (χ4v) is 4.59. The van der Waals surface area contributed by atoms with E-state index in [4.69, 9.17) is 0 Å². The Labute approximate surface area is 181 Å². The summed E-state index contributed by atoms with van der Waals surface area (Å²) >= 11 is 3.33. The van der Waals surface area contributed by atoms with Crippen molar-refractivity contribution in [2.75, 3.05) is 0 Å². The molecule has 0 aliphatic carbocycles. The van der Waals surface area contributed by atoms with E-state index in [0.717, 1.165) is 21.2 Å². The van der Waals surface area contributed by atoms with Crippen molar-refractivity contribution in [3.63, 3.8) is 0 Å². The van der Waals surface area contributed by atoms with Gasteiger partial charge in [-0.15, -0.1) is 11.3 Å². The minimum Gasteiger partial charge on any atom is -0.267 e. The average Bonchev–Trinajstić information content (AvgIpc) is 3.20. The van der Waals surface area contributed by atoms with Gasteiger partial charge in [0.2, 0.25) is 0 Å². The van der Waals surface area contributed by atoms with Gasteiger partial charge in [0.25, 0.3) is 11.8 Å². The summed E-state index contributed by atoms with van der Waals surface area (Å²) in [5.41, 5.74) is 8.09. The number of para-hydroxylation sites is 1. The van der Waals surface area contributed by atoms with E-state index in [1.807, 2.05) is 30.3 Å². The molecule has 4 aromatic rings. The zero-order valence-corrected chi connectivity index (χ0v) is 17.6. The van der Waals surface area contributed by atoms with E-state index in [0.29, 0.717) is 11.3 Å². The summed E-state index contributed by atoms with van der Waals surface area (Å²) in [6.45, 7) is 1.78. The number of rotatable bonds is 5. The van der Waals surface area contributed by atoms with Gasteiger partial charge in [-0.2, -0.15) is 0 Å². The smallest absolute Gasteiger partial charge is 0.267 e. The lowest BCUT2D eigenvalue weighted by Crippen LogP contribution is -2.42. The van der Waals surface area contributed by atoms with E-state index in [1.165, 1.54) is 17.1 Å². The van der Waals surface area contributed by atoms with Gasteiger partial charge in [-0.05, 0) is 36.8 Å². The van der Waals surface area contributed by atoms with Crippen molar-refractivity contribution in [2.24, 2.45) is 0 Å². The van der Waals surface area contributed by atoms with Crippen molar-refractivity contribution in [3.05, 3.63) is 83.4 Å². The monoisotopic (exact) mass is 435 g/mol. The third-order valence-electron chi connectivity index (χ3n) is 4.16. The van der Waals surface area contributed by atoms with Crippen LogP contribution in [0.1, 0.15) is 32.1 Å². The third kappa shape index (κ3) is 4.81. The van der Waals surface area contributed by atoms with Crippen LogP contribution < -0.4 is 10.9 Å². The molecule has 0 atom stereocenters. The molecular weight excluding hydrogens is 418 g/mol. The summed E-state index contributed by atoms with van der Waals surface area (Å²) in [6, 6.07) is 15.3. The van der Waals surface area contributed by atoms with Gasteiger partial charge >= 0.3 is 0 Å². The molecule has 4 rings (SSSR count). The summed E-state index contributed by atoms with van der Waals surface area (Å²) in [6.07, 6.45) is 2.84. The van der Waals surface area contributed by atoms with Gasteiger partial charge < -0.3 is 0 Å². The van der Waals surface area contributed by atoms with Crippen LogP contribution in [-0.2, 0) is 5.75 Å². The fourth-order valence-electron chi connectivity index (χ4n) is 2.57. The van der Waals surface area contributed by atoms with E-state index < -0.39 is 11.8 Å². The average molecular weight is 436 g/mol. The van der Waals surface area contributed by atoms with Gasteiger partial charge in [-0.3, -0.25) is 25.4 Å². The van der Waals surface area contributed by atoms with Gasteiger partial charge in [-0.1, -0.05) is 36.0 Å². The van der Waals surface area contributed by atoms with Crippen molar-refractivity contribution >= 4 is 45.1 Å². The Hall–Kier alpha value is -3.30. The SMILES string of the molecule is Cc1cnc(C(=O)NNC(=O)c2ccc(CSc3nc4ccccc4s3)cc2)cn1. The maximum atomic E-state index is 12.2. The molecule has 150 valence electrons. The van der Waals surface area contributed by atoms with Crippen LogP contribution in [0.4, 0.5) is 0 Å². The fraction of sp³-hybridized carbons (Fsp3) is 0.0952. The van der Waals surface area contributed by atoms with E-state index in [-0.39, 0.29) is 5.69 Å². The van der Waals surface area contributed by atoms with Crippen molar-refractivity contribution < 1.29 is 9.59 Å². The van der Waals surface area contributed by atoms with Crippen LogP contribution in [0.2, 0.25) is 0 Å². The molecule has 9 heteroatoms. The predicted octanol–water partition coefficient (Wildman–Crippen LogP) is 3.76. The van der Waals surface area contributed by atoms with E-state index in [9.17, 15) is 9.59 Å². The lowest BCUT2D eigenvalue weighted by molar-refractivity contribution is 0.0843. The molecule has 2 aromatic carbocycles. The van der Waals surface area contributed by atoms with Gasteiger partial charge in [0.15, 0.2) is 4.34 Å². The molecule has 0 unspecified atom stereocenters. The molecule has 7 nitrogen and oxygen atoms in total. The van der Waals surface area contributed by atoms with Crippen LogP contribution in [0.3, 0.4) is 0 Å². The lowest BCUT2D eigenvalue weighted by Gasteiger charge is -2.07. The molecule has 0 aliphatic heterocycles. The Bertz CT molecular complexity index is 1160. The molecule has 0 fully saturated rings. The Kier molecular flexibility index (Phi) is 6.01. The van der Waals surface area contributed by atoms with Crippen molar-refractivity contribution in [1.29, 1.82) is 0 Å². The Balaban J connectivity index is 1.30. The second-order valence-corrected chi connectivity index (χ2v) is 8.64. The topological polar surface area (TPSA) is 96.9 Å². The number of thioether (sulfide) groups is 1. The van der Waals surface area contributed by atoms with Gasteiger partial charge in [-0.25, -0.2) is 9.97 Å². The van der Waals surface area contributed by atoms with Crippen LogP contribution >= 0.6 is 23.1 Å². The Morgan fingerprint density at radius 2 is 1.73 bits per heavy atom. The molecule has 2 amide bonds. The number of hydrogen-bond donors (Lipinski definition) is 2. The number of aromatic nitrogens is 3. The quantitative estimate of drug-likeness (QED) is 0.366. The second-order valence-electron chi connectivity index (χ2n) is 6.38. The number of nitrogens with zero attached hydrogens (tertiary/aromatic N) is 3. The summed E-state index contributed by atoms with van der Waals surface area (Å²) in [4.78, 5) is 36.8. The second kappa shape index (κ2) is 9.02. The van der Waals surface area contributed by atoms with E-state index >= 15 is 0 Å². The largest absolute Gasteiger partial charge is 0.289 e. The number of amides is 2. The Morgan fingerprint density at radius 3 is 2.47 bits per heavy atom. The first-order chi connectivity index (χ1) is 14.6. The Morgan fingerprint density at radius 1 is 0.967 bits per heavy atom. The number of nitrogens with one attached hydrogen (secondary N) is 2. The standard InChI is InChI=1S/C21H17N5O2S2/c1-13-10-23-17(11-22-13)20(28)26-25-19(27)15-8-6-14(7-9-15)12-29-21-24-16-4-2-3-5-18(16)30-21/h2-11H,12H2,1H3,(H,25,27)(H,26,28). The van der Waals surface area contributed by atoms with E-state index in [1.54, 1.807) is 42.2 Å². The zero-order valence-electron chi connectivity index (χ0n) is 16.0. The highest BCUT2D eigenvalue weighted by atomic mass is 32.2. The summed E-state index contributed by atoms with van der Waals surface area (Å²) in [5, 5.41) is 0. The van der Waals surface area contributed by atoms with Gasteiger partial charge in [0.1, 0.15) is 5.69 Å². The molecule has 2 aromatic heterocycles. The number of hydrogen-bond acceptors (Lipinski definition) is 7. The summed E-state index contributed by atoms with van der Waals surface area (Å²) in [5.74, 6) is -0.182. The number of fused-ring (bicyclic) bond motifs is 1. The van der Waals surface area contributed by atoms with Crippen LogP contribution in [0.5, 0.6) is 0 Å². The number of thiazole rings is 1. The normalized spacial score (nSPS) is 10.7. The van der Waals surface area contributed by atoms with Crippen LogP contribution in [0.15, 0.2) is 65.3 Å². The van der Waals surface area contributed by atoms with Crippen molar-refractivity contribution in [3.8, 4) is 0 Å². The molecule has 0 bridgehead atoms. The van der Waals surface area contributed by atoms with Crippen LogP contribution in [0, 0.1) is 6.92 Å². The molecule has 2 N–H and O–H groups in total. The van der Waals surface area contributed by atoms with E-state index in [2.05, 4.69) is 31.9 Å². The number of carbonyl (C=O) groups is 2. The van der Waals surface area contributed by atoms with Gasteiger partial charge in [0.05, 0.1) is 22.1 Å². The first-order valence-corrected chi connectivity index (χ1v) is 10.9. The molecule has 0 radical (unpaired) electrons. The number of carbonyl (C=O) groups excluding carboxylic acids is 2. The highest BCUT2D eigenvalue weighted by Crippen LogP contribution is 2.31. The minimum absolute atomic E-state index is 0.128. The van der Waals surface area contributed by atoms with Crippen molar-refractivity contribution in [1.82, 2.24) is 25.8 Å². The summed E-state index contributed by atoms with van der Waals surface area (Å²) in [7, 11) is 0. The predicted molar refractivity (Wildman–Crippen MR) is 117 cm³/mol. The first kappa shape index (κ1) is 20.0. The maximum absolute atomic E-state index is 12.2. The molecule has 0 saturated carbocycles. The summed E-state index contributed by atoms with van der Waals surface area (Å²) < 4.78 is 2.19. The molecule has 0 spiro atoms. The molecule has 0 aliphatic rings. The highest BCUT2D eigenvalue weighted by molar-refractivity contribution is 8.00. The zero-order chi connectivity index (χ0) is 20.9. The number of hydrazine groups is 1. The number of aryl methyl sites for hydroxylation is 1. The molecule has 0 saturated heterocycles. The molecule has 2 heterocycles. The lowest BCUT2D eigenvalue weighted by atomic mass is 10.1. The van der Waals surface area contributed by atoms with Gasteiger partial charge in [0, 0.05) is 17.5 Å². The maximum Gasteiger partial charge on any atom is 0.289 e. The third-order valence-corrected chi connectivity index (χ3v) is 6.41. The minimum atomic E-state index is -0.528. The number of benzene rings is 2. The molecule has 30 heavy (non-hydrogen) atoms. The first-order valence-electron chi connectivity index (χ1n) is 9.05.